The molecule has 0 bridgehead atoms. The Balaban J connectivity index is 2.22. The van der Waals surface area contributed by atoms with Crippen LogP contribution in [0.15, 0.2) is 0 Å². The monoisotopic (exact) mass is 205 g/mol. The number of alkyl halides is 1. The van der Waals surface area contributed by atoms with Crippen molar-refractivity contribution in [2.24, 2.45) is 0 Å². The van der Waals surface area contributed by atoms with Gasteiger partial charge in [-0.3, -0.25) is 9.69 Å². The highest BCUT2D eigenvalue weighted by atomic mass is 35.5. The zero-order valence-corrected chi connectivity index (χ0v) is 8.72. The molecule has 0 radical (unpaired) electrons. The van der Waals surface area contributed by atoms with Gasteiger partial charge in [0, 0.05) is 5.88 Å². The molecule has 4 heteroatoms. The minimum atomic E-state index is -0.0925. The number of hydrogen-bond acceptors (Lipinski definition) is 3. The zero-order valence-electron chi connectivity index (χ0n) is 7.96. The Bertz CT molecular complexity index is 175. The van der Waals surface area contributed by atoms with Gasteiger partial charge in [0.2, 0.25) is 0 Å². The first-order valence-electron chi connectivity index (χ1n) is 4.68. The Morgan fingerprint density at radius 2 is 2.46 bits per heavy atom. The predicted molar refractivity (Wildman–Crippen MR) is 51.9 cm³/mol. The van der Waals surface area contributed by atoms with Crippen LogP contribution in [0, 0.1) is 0 Å². The number of nitrogens with zero attached hydrogens (tertiary/aromatic N) is 1. The number of halogens is 1. The predicted octanol–water partition coefficient (Wildman–Crippen LogP) is 1.25. The fourth-order valence-electron chi connectivity index (χ4n) is 1.53. The molecule has 76 valence electrons. The molecule has 1 unspecified atom stereocenters. The summed E-state index contributed by atoms with van der Waals surface area (Å²) in [4.78, 5) is 13.5. The lowest BCUT2D eigenvalue weighted by Gasteiger charge is -2.17. The maximum Gasteiger partial charge on any atom is 0.323 e. The van der Waals surface area contributed by atoms with Crippen molar-refractivity contribution in [1.82, 2.24) is 4.90 Å². The third-order valence-corrected chi connectivity index (χ3v) is 2.58. The average Bonchev–Trinajstić information content (AvgIpc) is 2.52. The lowest BCUT2D eigenvalue weighted by Crippen LogP contribution is -2.34. The van der Waals surface area contributed by atoms with E-state index in [0.717, 1.165) is 25.8 Å². The van der Waals surface area contributed by atoms with Crippen molar-refractivity contribution in [2.75, 3.05) is 26.1 Å². The van der Waals surface area contributed by atoms with Crippen molar-refractivity contribution >= 4 is 17.6 Å². The van der Waals surface area contributed by atoms with Crippen LogP contribution in [-0.4, -0.2) is 43.0 Å². The van der Waals surface area contributed by atoms with Gasteiger partial charge in [-0.25, -0.2) is 0 Å². The van der Waals surface area contributed by atoms with E-state index in [1.54, 1.807) is 0 Å². The number of hydrogen-bond donors (Lipinski definition) is 0. The number of esters is 1. The summed E-state index contributed by atoms with van der Waals surface area (Å²) in [5, 5.41) is 0. The first kappa shape index (κ1) is 10.8. The van der Waals surface area contributed by atoms with Gasteiger partial charge in [-0.2, -0.15) is 0 Å². The third kappa shape index (κ3) is 3.16. The van der Waals surface area contributed by atoms with Gasteiger partial charge in [-0.15, -0.1) is 11.6 Å². The summed E-state index contributed by atoms with van der Waals surface area (Å²) >= 11 is 5.47. The van der Waals surface area contributed by atoms with E-state index in [-0.39, 0.29) is 12.0 Å². The Morgan fingerprint density at radius 1 is 1.69 bits per heavy atom. The third-order valence-electron chi connectivity index (χ3n) is 2.31. The van der Waals surface area contributed by atoms with E-state index in [9.17, 15) is 4.79 Å². The molecular formula is C9H16ClNO2. The van der Waals surface area contributed by atoms with Crippen LogP contribution in [0.5, 0.6) is 0 Å². The first-order valence-corrected chi connectivity index (χ1v) is 5.22. The fourth-order valence-corrected chi connectivity index (χ4v) is 1.64. The molecule has 1 heterocycles. The molecule has 0 aromatic carbocycles. The second-order valence-corrected chi connectivity index (χ2v) is 3.73. The van der Waals surface area contributed by atoms with Gasteiger partial charge >= 0.3 is 5.97 Å². The highest BCUT2D eigenvalue weighted by molar-refractivity contribution is 6.17. The molecule has 0 spiro atoms. The lowest BCUT2D eigenvalue weighted by molar-refractivity contribution is -0.148. The largest absolute Gasteiger partial charge is 0.464 e. The fraction of sp³-hybridized carbons (Fsp3) is 0.889. The highest BCUT2D eigenvalue weighted by Gasteiger charge is 2.28. The van der Waals surface area contributed by atoms with E-state index in [4.69, 9.17) is 16.3 Å². The molecule has 0 aliphatic carbocycles. The van der Waals surface area contributed by atoms with Gasteiger partial charge < -0.3 is 4.74 Å². The van der Waals surface area contributed by atoms with Gasteiger partial charge in [-0.1, -0.05) is 0 Å². The molecule has 0 N–H and O–H groups in total. The Labute approximate surface area is 84.0 Å². The maximum absolute atomic E-state index is 11.4. The van der Waals surface area contributed by atoms with Crippen molar-refractivity contribution in [3.63, 3.8) is 0 Å². The molecule has 0 saturated carbocycles. The van der Waals surface area contributed by atoms with Gasteiger partial charge in [0.25, 0.3) is 0 Å². The first-order chi connectivity index (χ1) is 6.25. The topological polar surface area (TPSA) is 29.5 Å². The zero-order chi connectivity index (χ0) is 9.68. The van der Waals surface area contributed by atoms with E-state index in [1.807, 2.05) is 11.9 Å². The van der Waals surface area contributed by atoms with Gasteiger partial charge in [0.05, 0.1) is 6.61 Å². The van der Waals surface area contributed by atoms with Crippen LogP contribution >= 0.6 is 11.6 Å². The van der Waals surface area contributed by atoms with Crippen molar-refractivity contribution in [3.05, 3.63) is 0 Å². The van der Waals surface area contributed by atoms with E-state index in [2.05, 4.69) is 0 Å². The van der Waals surface area contributed by atoms with E-state index < -0.39 is 0 Å². The molecule has 1 aliphatic rings. The van der Waals surface area contributed by atoms with Crippen LogP contribution in [0.4, 0.5) is 0 Å². The van der Waals surface area contributed by atoms with E-state index in [1.165, 1.54) is 0 Å². The number of carbonyl (C=O) groups excluding carboxylic acids is 1. The van der Waals surface area contributed by atoms with Crippen molar-refractivity contribution in [3.8, 4) is 0 Å². The average molecular weight is 206 g/mol. The summed E-state index contributed by atoms with van der Waals surface area (Å²) in [5.74, 6) is 0.457. The molecule has 1 fully saturated rings. The van der Waals surface area contributed by atoms with Crippen LogP contribution in [-0.2, 0) is 9.53 Å². The summed E-state index contributed by atoms with van der Waals surface area (Å²) in [7, 11) is 1.96. The number of carbonyl (C=O) groups is 1. The molecule has 13 heavy (non-hydrogen) atoms. The van der Waals surface area contributed by atoms with Crippen molar-refractivity contribution < 1.29 is 9.53 Å². The number of ether oxygens (including phenoxy) is 1. The van der Waals surface area contributed by atoms with Crippen LogP contribution < -0.4 is 0 Å². The minimum Gasteiger partial charge on any atom is -0.464 e. The van der Waals surface area contributed by atoms with Crippen molar-refractivity contribution in [2.45, 2.75) is 25.3 Å². The Kier molecular flexibility index (Phi) is 4.53. The summed E-state index contributed by atoms with van der Waals surface area (Å²) in [5.41, 5.74) is 0. The van der Waals surface area contributed by atoms with Crippen LogP contribution in [0.2, 0.25) is 0 Å². The minimum absolute atomic E-state index is 0.0182. The number of rotatable bonds is 4. The van der Waals surface area contributed by atoms with Crippen LogP contribution in [0.25, 0.3) is 0 Å². The van der Waals surface area contributed by atoms with E-state index >= 15 is 0 Å². The summed E-state index contributed by atoms with van der Waals surface area (Å²) in [6.07, 6.45) is 2.76. The lowest BCUT2D eigenvalue weighted by atomic mass is 10.2. The van der Waals surface area contributed by atoms with Gasteiger partial charge in [0.15, 0.2) is 0 Å². The molecule has 3 nitrogen and oxygen atoms in total. The summed E-state index contributed by atoms with van der Waals surface area (Å²) in [6.45, 7) is 1.45. The smallest absolute Gasteiger partial charge is 0.323 e. The normalized spacial score (nSPS) is 23.4. The Morgan fingerprint density at radius 3 is 3.00 bits per heavy atom. The highest BCUT2D eigenvalue weighted by Crippen LogP contribution is 2.15. The molecule has 1 atom stereocenters. The molecule has 1 aliphatic heterocycles. The second-order valence-electron chi connectivity index (χ2n) is 3.35. The van der Waals surface area contributed by atoms with E-state index in [0.29, 0.717) is 12.5 Å². The summed E-state index contributed by atoms with van der Waals surface area (Å²) in [6, 6.07) is -0.0182. The molecular weight excluding hydrogens is 190 g/mol. The van der Waals surface area contributed by atoms with Crippen LogP contribution in [0.1, 0.15) is 19.3 Å². The molecule has 0 amide bonds. The molecule has 0 aromatic rings. The van der Waals surface area contributed by atoms with Crippen LogP contribution in [0.3, 0.4) is 0 Å². The summed E-state index contributed by atoms with van der Waals surface area (Å²) < 4.78 is 5.07. The standard InChI is InChI=1S/C9H16ClNO2/c1-11-6-2-4-8(11)9(12)13-7-3-5-10/h8H,2-7H2,1H3. The maximum atomic E-state index is 11.4. The molecule has 1 rings (SSSR count). The SMILES string of the molecule is CN1CCCC1C(=O)OCCCCl. The van der Waals surface area contributed by atoms with Crippen molar-refractivity contribution in [1.29, 1.82) is 0 Å². The van der Waals surface area contributed by atoms with Gasteiger partial charge in [0.1, 0.15) is 6.04 Å². The quantitative estimate of drug-likeness (QED) is 0.393. The molecule has 0 aromatic heterocycles. The molecule has 1 saturated heterocycles. The number of likely N-dealkylation sites (N-methyl/N-ethyl adjacent to an activating group) is 1. The second kappa shape index (κ2) is 5.45. The van der Waals surface area contributed by atoms with Gasteiger partial charge in [-0.05, 0) is 32.9 Å². The Hall–Kier alpha value is -0.280. The number of likely N-dealkylation sites (tertiary alicyclic amines) is 1.